The van der Waals surface area contributed by atoms with Crippen LogP contribution in [0, 0.1) is 5.92 Å². The summed E-state index contributed by atoms with van der Waals surface area (Å²) in [6.45, 7) is 7.39. The molecule has 1 amide bonds. The molecule has 1 rings (SSSR count). The highest BCUT2D eigenvalue weighted by atomic mass is 16.6. The monoisotopic (exact) mass is 255 g/mol. The van der Waals surface area contributed by atoms with E-state index in [2.05, 4.69) is 5.32 Å². The zero-order valence-electron chi connectivity index (χ0n) is 11.9. The molecule has 0 spiro atoms. The second-order valence-electron chi connectivity index (χ2n) is 6.18. The van der Waals surface area contributed by atoms with Gasteiger partial charge in [0, 0.05) is 18.4 Å². The van der Waals surface area contributed by atoms with Crippen LogP contribution in [0.15, 0.2) is 0 Å². The van der Waals surface area contributed by atoms with Crippen LogP contribution in [-0.4, -0.2) is 23.5 Å². The van der Waals surface area contributed by atoms with Gasteiger partial charge in [-0.05, 0) is 47.0 Å². The highest BCUT2D eigenvalue weighted by Crippen LogP contribution is 2.28. The standard InChI is InChI=1S/C14H25NO3/c1-10(15-13(17)18-14(2,3)4)8-9-12(16)11-6-5-7-11/h10-11H,5-9H2,1-4H3,(H,15,17). The Balaban J connectivity index is 2.18. The normalized spacial score (nSPS) is 17.8. The van der Waals surface area contributed by atoms with Crippen molar-refractivity contribution in [1.82, 2.24) is 5.32 Å². The largest absolute Gasteiger partial charge is 0.444 e. The van der Waals surface area contributed by atoms with E-state index in [1.807, 2.05) is 27.7 Å². The third kappa shape index (κ3) is 5.52. The number of ketones is 1. The molecule has 1 fully saturated rings. The molecule has 1 unspecified atom stereocenters. The van der Waals surface area contributed by atoms with E-state index < -0.39 is 11.7 Å². The van der Waals surface area contributed by atoms with Crippen LogP contribution in [0.25, 0.3) is 0 Å². The Bertz CT molecular complexity index is 303. The van der Waals surface area contributed by atoms with Gasteiger partial charge in [0.25, 0.3) is 0 Å². The molecule has 0 heterocycles. The summed E-state index contributed by atoms with van der Waals surface area (Å²) in [6.07, 6.45) is 4.11. The molecule has 0 aromatic heterocycles. The number of carbonyl (C=O) groups is 2. The predicted octanol–water partition coefficient (Wildman–Crippen LogP) is 3.05. The average Bonchev–Trinajstić information content (AvgIpc) is 2.08. The molecule has 0 aliphatic heterocycles. The number of carbonyl (C=O) groups excluding carboxylic acids is 2. The Morgan fingerprint density at radius 1 is 1.33 bits per heavy atom. The fourth-order valence-electron chi connectivity index (χ4n) is 1.87. The number of amides is 1. The lowest BCUT2D eigenvalue weighted by Gasteiger charge is -2.25. The first-order valence-corrected chi connectivity index (χ1v) is 6.80. The third-order valence-corrected chi connectivity index (χ3v) is 3.15. The molecule has 1 N–H and O–H groups in total. The van der Waals surface area contributed by atoms with E-state index in [-0.39, 0.29) is 6.04 Å². The van der Waals surface area contributed by atoms with Gasteiger partial charge in [0.05, 0.1) is 0 Å². The Kier molecular flexibility index (Phi) is 5.17. The van der Waals surface area contributed by atoms with Crippen LogP contribution in [-0.2, 0) is 9.53 Å². The summed E-state index contributed by atoms with van der Waals surface area (Å²) in [4.78, 5) is 23.2. The van der Waals surface area contributed by atoms with Gasteiger partial charge < -0.3 is 10.1 Å². The summed E-state index contributed by atoms with van der Waals surface area (Å²) in [7, 11) is 0. The van der Waals surface area contributed by atoms with Gasteiger partial charge in [-0.25, -0.2) is 4.79 Å². The molecule has 1 aliphatic rings. The molecule has 4 heteroatoms. The first-order chi connectivity index (χ1) is 8.28. The van der Waals surface area contributed by atoms with E-state index in [0.717, 1.165) is 12.8 Å². The van der Waals surface area contributed by atoms with E-state index >= 15 is 0 Å². The van der Waals surface area contributed by atoms with Crippen LogP contribution in [0.1, 0.15) is 59.8 Å². The smallest absolute Gasteiger partial charge is 0.407 e. The summed E-state index contributed by atoms with van der Waals surface area (Å²) in [5.74, 6) is 0.637. The van der Waals surface area contributed by atoms with Gasteiger partial charge in [0.1, 0.15) is 11.4 Å². The van der Waals surface area contributed by atoms with Crippen LogP contribution in [0.5, 0.6) is 0 Å². The number of hydrogen-bond acceptors (Lipinski definition) is 3. The van der Waals surface area contributed by atoms with Crippen LogP contribution in [0.4, 0.5) is 4.79 Å². The lowest BCUT2D eigenvalue weighted by molar-refractivity contribution is -0.125. The summed E-state index contributed by atoms with van der Waals surface area (Å²) >= 11 is 0. The van der Waals surface area contributed by atoms with Crippen LogP contribution < -0.4 is 5.32 Å². The number of hydrogen-bond donors (Lipinski definition) is 1. The molecule has 1 saturated carbocycles. The van der Waals surface area contributed by atoms with Crippen LogP contribution >= 0.6 is 0 Å². The lowest BCUT2D eigenvalue weighted by Crippen LogP contribution is -2.38. The van der Waals surface area contributed by atoms with Crippen molar-refractivity contribution in [3.63, 3.8) is 0 Å². The van der Waals surface area contributed by atoms with Crippen molar-refractivity contribution in [3.8, 4) is 0 Å². The molecule has 0 aromatic rings. The van der Waals surface area contributed by atoms with Crippen molar-refractivity contribution in [2.75, 3.05) is 0 Å². The molecule has 1 atom stereocenters. The predicted molar refractivity (Wildman–Crippen MR) is 70.4 cm³/mol. The second kappa shape index (κ2) is 6.21. The Hall–Kier alpha value is -1.06. The minimum Gasteiger partial charge on any atom is -0.444 e. The molecule has 1 aliphatic carbocycles. The lowest BCUT2D eigenvalue weighted by atomic mass is 9.80. The van der Waals surface area contributed by atoms with Crippen LogP contribution in [0.2, 0.25) is 0 Å². The Morgan fingerprint density at radius 3 is 2.39 bits per heavy atom. The maximum Gasteiger partial charge on any atom is 0.407 e. The van der Waals surface area contributed by atoms with Crippen molar-refractivity contribution < 1.29 is 14.3 Å². The van der Waals surface area contributed by atoms with E-state index in [1.54, 1.807) is 0 Å². The van der Waals surface area contributed by atoms with E-state index in [0.29, 0.717) is 24.5 Å². The minimum atomic E-state index is -0.481. The molecule has 0 aromatic carbocycles. The van der Waals surface area contributed by atoms with Gasteiger partial charge in [-0.1, -0.05) is 6.42 Å². The van der Waals surface area contributed by atoms with Crippen molar-refractivity contribution in [2.24, 2.45) is 5.92 Å². The number of Topliss-reactive ketones (excluding diaryl/α,β-unsaturated/α-hetero) is 1. The number of alkyl carbamates (subject to hydrolysis) is 1. The van der Waals surface area contributed by atoms with E-state index in [1.165, 1.54) is 6.42 Å². The highest BCUT2D eigenvalue weighted by Gasteiger charge is 2.25. The molecular formula is C14H25NO3. The number of nitrogens with one attached hydrogen (secondary N) is 1. The van der Waals surface area contributed by atoms with Crippen molar-refractivity contribution in [2.45, 2.75) is 71.4 Å². The Morgan fingerprint density at radius 2 is 1.94 bits per heavy atom. The molecule has 18 heavy (non-hydrogen) atoms. The van der Waals surface area contributed by atoms with Crippen molar-refractivity contribution in [3.05, 3.63) is 0 Å². The first kappa shape index (κ1) is 15.0. The molecular weight excluding hydrogens is 230 g/mol. The fourth-order valence-corrected chi connectivity index (χ4v) is 1.87. The SMILES string of the molecule is CC(CCC(=O)C1CCC1)NC(=O)OC(C)(C)C. The third-order valence-electron chi connectivity index (χ3n) is 3.15. The summed E-state index contributed by atoms with van der Waals surface area (Å²) in [5.41, 5.74) is -0.481. The van der Waals surface area contributed by atoms with Gasteiger partial charge in [-0.15, -0.1) is 0 Å². The van der Waals surface area contributed by atoms with Gasteiger partial charge in [0.15, 0.2) is 0 Å². The maximum absolute atomic E-state index is 11.7. The topological polar surface area (TPSA) is 55.4 Å². The second-order valence-corrected chi connectivity index (χ2v) is 6.18. The van der Waals surface area contributed by atoms with Crippen molar-refractivity contribution >= 4 is 11.9 Å². The number of ether oxygens (including phenoxy) is 1. The van der Waals surface area contributed by atoms with Gasteiger partial charge in [0.2, 0.25) is 0 Å². The summed E-state index contributed by atoms with van der Waals surface area (Å²) in [5, 5.41) is 2.75. The quantitative estimate of drug-likeness (QED) is 0.821. The minimum absolute atomic E-state index is 0.0242. The summed E-state index contributed by atoms with van der Waals surface area (Å²) < 4.78 is 5.16. The van der Waals surface area contributed by atoms with Gasteiger partial charge >= 0.3 is 6.09 Å². The van der Waals surface area contributed by atoms with Gasteiger partial charge in [-0.2, -0.15) is 0 Å². The summed E-state index contributed by atoms with van der Waals surface area (Å²) in [6, 6.07) is -0.0242. The van der Waals surface area contributed by atoms with Gasteiger partial charge in [-0.3, -0.25) is 4.79 Å². The molecule has 0 bridgehead atoms. The number of rotatable bonds is 5. The zero-order valence-corrected chi connectivity index (χ0v) is 11.9. The van der Waals surface area contributed by atoms with E-state index in [4.69, 9.17) is 4.74 Å². The molecule has 0 radical (unpaired) electrons. The zero-order chi connectivity index (χ0) is 13.8. The van der Waals surface area contributed by atoms with Crippen molar-refractivity contribution in [1.29, 1.82) is 0 Å². The molecule has 0 saturated heterocycles. The average molecular weight is 255 g/mol. The molecule has 4 nitrogen and oxygen atoms in total. The fraction of sp³-hybridized carbons (Fsp3) is 0.857. The molecule has 104 valence electrons. The Labute approximate surface area is 109 Å². The maximum atomic E-state index is 11.7. The first-order valence-electron chi connectivity index (χ1n) is 6.80. The highest BCUT2D eigenvalue weighted by molar-refractivity contribution is 5.81. The van der Waals surface area contributed by atoms with E-state index in [9.17, 15) is 9.59 Å². The van der Waals surface area contributed by atoms with Crippen LogP contribution in [0.3, 0.4) is 0 Å².